The summed E-state index contributed by atoms with van der Waals surface area (Å²) in [5, 5.41) is 6.55. The summed E-state index contributed by atoms with van der Waals surface area (Å²) in [6.45, 7) is 6.28. The number of imidazole rings is 1. The van der Waals surface area contributed by atoms with Crippen LogP contribution in [0.25, 0.3) is 0 Å². The molecule has 0 unspecified atom stereocenters. The van der Waals surface area contributed by atoms with E-state index in [1.807, 2.05) is 24.0 Å². The third-order valence-electron chi connectivity index (χ3n) is 2.66. The lowest BCUT2D eigenvalue weighted by Crippen LogP contribution is -2.39. The Morgan fingerprint density at radius 1 is 1.32 bits per heavy atom. The molecule has 2 N–H and O–H groups in total. The van der Waals surface area contributed by atoms with Gasteiger partial charge >= 0.3 is 0 Å². The number of guanidine groups is 1. The van der Waals surface area contributed by atoms with Gasteiger partial charge in [0.2, 0.25) is 0 Å². The van der Waals surface area contributed by atoms with Gasteiger partial charge in [0.1, 0.15) is 0 Å². The van der Waals surface area contributed by atoms with Gasteiger partial charge in [0.05, 0.1) is 6.33 Å². The van der Waals surface area contributed by atoms with Crippen LogP contribution >= 0.6 is 0 Å². The number of nitrogens with one attached hydrogen (secondary N) is 2. The number of nitrogens with zero attached hydrogens (tertiary/aromatic N) is 3. The molecule has 0 atom stereocenters. The first-order chi connectivity index (χ1) is 9.36. The summed E-state index contributed by atoms with van der Waals surface area (Å²) < 4.78 is 7.32. The second kappa shape index (κ2) is 10.4. The Labute approximate surface area is 115 Å². The zero-order chi connectivity index (χ0) is 13.8. The second-order valence-electron chi connectivity index (χ2n) is 4.13. The molecule has 0 spiro atoms. The summed E-state index contributed by atoms with van der Waals surface area (Å²) in [5.74, 6) is 0.844. The maximum atomic E-state index is 5.29. The van der Waals surface area contributed by atoms with E-state index in [0.29, 0.717) is 0 Å². The van der Waals surface area contributed by atoms with Gasteiger partial charge < -0.3 is 19.9 Å². The molecule has 1 rings (SSSR count). The molecule has 0 aliphatic heterocycles. The predicted molar refractivity (Wildman–Crippen MR) is 77.3 cm³/mol. The van der Waals surface area contributed by atoms with Crippen LogP contribution in [0.4, 0.5) is 0 Å². The van der Waals surface area contributed by atoms with E-state index in [1.165, 1.54) is 0 Å². The van der Waals surface area contributed by atoms with E-state index in [2.05, 4.69) is 20.6 Å². The lowest BCUT2D eigenvalue weighted by Gasteiger charge is -2.12. The molecule has 0 fully saturated rings. The Balaban J connectivity index is 2.03. The van der Waals surface area contributed by atoms with Gasteiger partial charge in [-0.3, -0.25) is 4.99 Å². The molecule has 0 bridgehead atoms. The number of unbranched alkanes of at least 4 members (excludes halogenated alkanes) is 1. The third-order valence-corrected chi connectivity index (χ3v) is 2.66. The molecule has 0 saturated heterocycles. The van der Waals surface area contributed by atoms with Crippen LogP contribution in [0.2, 0.25) is 0 Å². The molecule has 0 aliphatic carbocycles. The normalized spacial score (nSPS) is 11.6. The molecule has 0 aliphatic rings. The molecule has 6 heteroatoms. The first-order valence-electron chi connectivity index (χ1n) is 6.84. The molecule has 0 radical (unpaired) electrons. The van der Waals surface area contributed by atoms with Gasteiger partial charge in [-0.2, -0.15) is 0 Å². The SMILES string of the molecule is CCOCCCCNC(=NC)NCCn1ccnc1. The number of ether oxygens (including phenoxy) is 1. The van der Waals surface area contributed by atoms with E-state index in [9.17, 15) is 0 Å². The highest BCUT2D eigenvalue weighted by molar-refractivity contribution is 5.79. The van der Waals surface area contributed by atoms with Crippen LogP contribution in [-0.2, 0) is 11.3 Å². The standard InChI is InChI=1S/C13H25N5O/c1-3-19-11-5-4-6-16-13(14-2)17-8-10-18-9-7-15-12-18/h7,9,12H,3-6,8,10-11H2,1-2H3,(H2,14,16,17). The van der Waals surface area contributed by atoms with Crippen molar-refractivity contribution in [2.45, 2.75) is 26.3 Å². The second-order valence-corrected chi connectivity index (χ2v) is 4.13. The van der Waals surface area contributed by atoms with E-state index < -0.39 is 0 Å². The van der Waals surface area contributed by atoms with Gasteiger partial charge in [-0.15, -0.1) is 0 Å². The van der Waals surface area contributed by atoms with Crippen molar-refractivity contribution in [3.8, 4) is 0 Å². The van der Waals surface area contributed by atoms with Crippen molar-refractivity contribution in [2.24, 2.45) is 4.99 Å². The van der Waals surface area contributed by atoms with E-state index in [0.717, 1.165) is 51.6 Å². The minimum Gasteiger partial charge on any atom is -0.382 e. The van der Waals surface area contributed by atoms with Crippen LogP contribution in [-0.4, -0.2) is 48.9 Å². The monoisotopic (exact) mass is 267 g/mol. The summed E-state index contributed by atoms with van der Waals surface area (Å²) in [5.41, 5.74) is 0. The number of hydrogen-bond acceptors (Lipinski definition) is 3. The fraction of sp³-hybridized carbons (Fsp3) is 0.692. The molecule has 0 aromatic carbocycles. The van der Waals surface area contributed by atoms with Crippen LogP contribution in [0.15, 0.2) is 23.7 Å². The minimum absolute atomic E-state index is 0.797. The van der Waals surface area contributed by atoms with Gasteiger partial charge in [0.25, 0.3) is 0 Å². The molecule has 0 amide bonds. The molecule has 6 nitrogen and oxygen atoms in total. The quantitative estimate of drug-likeness (QED) is 0.396. The van der Waals surface area contributed by atoms with Crippen molar-refractivity contribution in [2.75, 3.05) is 33.4 Å². The Hall–Kier alpha value is -1.56. The molecule has 108 valence electrons. The zero-order valence-corrected chi connectivity index (χ0v) is 11.9. The molecule has 1 heterocycles. The summed E-state index contributed by atoms with van der Waals surface area (Å²) in [7, 11) is 1.78. The average Bonchev–Trinajstić information content (AvgIpc) is 2.93. The maximum Gasteiger partial charge on any atom is 0.191 e. The van der Waals surface area contributed by atoms with Crippen molar-refractivity contribution in [3.05, 3.63) is 18.7 Å². The summed E-state index contributed by atoms with van der Waals surface area (Å²) >= 11 is 0. The van der Waals surface area contributed by atoms with Gasteiger partial charge in [0, 0.05) is 52.3 Å². The maximum absolute atomic E-state index is 5.29. The van der Waals surface area contributed by atoms with Crippen LogP contribution in [0.5, 0.6) is 0 Å². The Morgan fingerprint density at radius 3 is 2.84 bits per heavy atom. The lowest BCUT2D eigenvalue weighted by molar-refractivity contribution is 0.143. The topological polar surface area (TPSA) is 63.5 Å². The minimum atomic E-state index is 0.797. The first kappa shape index (κ1) is 15.5. The Kier molecular flexibility index (Phi) is 8.46. The molecule has 1 aromatic heterocycles. The molecular formula is C13H25N5O. The highest BCUT2D eigenvalue weighted by atomic mass is 16.5. The fourth-order valence-electron chi connectivity index (χ4n) is 1.62. The van der Waals surface area contributed by atoms with Crippen molar-refractivity contribution < 1.29 is 4.74 Å². The van der Waals surface area contributed by atoms with E-state index in [1.54, 1.807) is 13.2 Å². The van der Waals surface area contributed by atoms with Crippen LogP contribution < -0.4 is 10.6 Å². The number of hydrogen-bond donors (Lipinski definition) is 2. The Morgan fingerprint density at radius 2 is 2.16 bits per heavy atom. The number of rotatable bonds is 9. The third kappa shape index (κ3) is 7.46. The highest BCUT2D eigenvalue weighted by Crippen LogP contribution is 1.88. The summed E-state index contributed by atoms with van der Waals surface area (Å²) in [6, 6.07) is 0. The van der Waals surface area contributed by atoms with Crippen molar-refractivity contribution in [3.63, 3.8) is 0 Å². The zero-order valence-electron chi connectivity index (χ0n) is 11.9. The van der Waals surface area contributed by atoms with Gasteiger partial charge in [-0.25, -0.2) is 4.98 Å². The molecule has 1 aromatic rings. The number of aromatic nitrogens is 2. The predicted octanol–water partition coefficient (Wildman–Crippen LogP) is 0.865. The van der Waals surface area contributed by atoms with Crippen LogP contribution in [0.1, 0.15) is 19.8 Å². The lowest BCUT2D eigenvalue weighted by atomic mass is 10.3. The van der Waals surface area contributed by atoms with E-state index in [4.69, 9.17) is 4.74 Å². The smallest absolute Gasteiger partial charge is 0.191 e. The van der Waals surface area contributed by atoms with Crippen molar-refractivity contribution >= 4 is 5.96 Å². The molecule has 0 saturated carbocycles. The van der Waals surface area contributed by atoms with Crippen molar-refractivity contribution in [1.82, 2.24) is 20.2 Å². The molecule has 19 heavy (non-hydrogen) atoms. The van der Waals surface area contributed by atoms with E-state index in [-0.39, 0.29) is 0 Å². The van der Waals surface area contributed by atoms with Crippen LogP contribution in [0.3, 0.4) is 0 Å². The molecular weight excluding hydrogens is 242 g/mol. The fourth-order valence-corrected chi connectivity index (χ4v) is 1.62. The Bertz CT molecular complexity index is 337. The highest BCUT2D eigenvalue weighted by Gasteiger charge is 1.96. The first-order valence-corrected chi connectivity index (χ1v) is 6.84. The van der Waals surface area contributed by atoms with Crippen molar-refractivity contribution in [1.29, 1.82) is 0 Å². The van der Waals surface area contributed by atoms with Gasteiger partial charge in [-0.05, 0) is 19.8 Å². The largest absolute Gasteiger partial charge is 0.382 e. The summed E-state index contributed by atoms with van der Waals surface area (Å²) in [6.07, 6.45) is 7.71. The van der Waals surface area contributed by atoms with Gasteiger partial charge in [-0.1, -0.05) is 0 Å². The van der Waals surface area contributed by atoms with Gasteiger partial charge in [0.15, 0.2) is 5.96 Å². The van der Waals surface area contributed by atoms with E-state index >= 15 is 0 Å². The van der Waals surface area contributed by atoms with Crippen LogP contribution in [0, 0.1) is 0 Å². The summed E-state index contributed by atoms with van der Waals surface area (Å²) in [4.78, 5) is 8.18. The number of aliphatic imine (C=N–C) groups is 1. The average molecular weight is 267 g/mol.